The molecule has 0 unspecified atom stereocenters. The minimum Gasteiger partial charge on any atom is -0.329 e. The molecule has 0 aliphatic heterocycles. The topological polar surface area (TPSA) is 32.9 Å². The molecule has 15 heavy (non-hydrogen) atoms. The van der Waals surface area contributed by atoms with E-state index >= 15 is 0 Å². The standard InChI is InChI=1S/C11H17NO.2CH4/c1-7(2)9-5-6-12-11(13)10(9)8(3)4;;/h5-8H,1-4H3,(H,12,13);2*1H4. The number of aromatic nitrogens is 1. The Bertz CT molecular complexity index is 337. The fourth-order valence-corrected chi connectivity index (χ4v) is 1.60. The molecule has 1 rings (SSSR count). The minimum absolute atomic E-state index is 0. The van der Waals surface area contributed by atoms with Crippen molar-refractivity contribution in [1.29, 1.82) is 0 Å². The smallest absolute Gasteiger partial charge is 0.251 e. The quantitative estimate of drug-likeness (QED) is 0.790. The average Bonchev–Trinajstić information content (AvgIpc) is 2.02. The molecule has 0 aliphatic carbocycles. The summed E-state index contributed by atoms with van der Waals surface area (Å²) in [6.07, 6.45) is 1.73. The molecule has 0 amide bonds. The van der Waals surface area contributed by atoms with Crippen molar-refractivity contribution in [2.75, 3.05) is 0 Å². The first-order valence-electron chi connectivity index (χ1n) is 4.75. The third-order valence-electron chi connectivity index (χ3n) is 2.23. The first-order chi connectivity index (χ1) is 6.04. The fraction of sp³-hybridized carbons (Fsp3) is 0.615. The van der Waals surface area contributed by atoms with E-state index in [1.54, 1.807) is 6.20 Å². The van der Waals surface area contributed by atoms with Gasteiger partial charge in [-0.25, -0.2) is 0 Å². The molecule has 1 aromatic heterocycles. The molecule has 88 valence electrons. The first kappa shape index (κ1) is 16.4. The molecular weight excluding hydrogens is 186 g/mol. The van der Waals surface area contributed by atoms with E-state index in [1.165, 1.54) is 5.56 Å². The lowest BCUT2D eigenvalue weighted by atomic mass is 9.92. The van der Waals surface area contributed by atoms with Gasteiger partial charge in [-0.05, 0) is 23.5 Å². The van der Waals surface area contributed by atoms with Gasteiger partial charge >= 0.3 is 0 Å². The minimum atomic E-state index is 0. The Balaban J connectivity index is 0. The number of pyridine rings is 1. The van der Waals surface area contributed by atoms with E-state index in [2.05, 4.69) is 32.7 Å². The Kier molecular flexibility index (Phi) is 7.03. The zero-order chi connectivity index (χ0) is 10.0. The summed E-state index contributed by atoms with van der Waals surface area (Å²) in [7, 11) is 0. The van der Waals surface area contributed by atoms with Crippen LogP contribution in [-0.4, -0.2) is 4.98 Å². The molecular formula is C13H25NO. The van der Waals surface area contributed by atoms with Gasteiger partial charge in [0.05, 0.1) is 0 Å². The molecule has 0 fully saturated rings. The molecule has 0 aliphatic rings. The summed E-state index contributed by atoms with van der Waals surface area (Å²) < 4.78 is 0. The molecule has 0 atom stereocenters. The molecule has 1 aromatic rings. The molecule has 1 heterocycles. The Morgan fingerprint density at radius 2 is 1.60 bits per heavy atom. The summed E-state index contributed by atoms with van der Waals surface area (Å²) in [5, 5.41) is 0. The predicted molar refractivity (Wildman–Crippen MR) is 68.7 cm³/mol. The second-order valence-corrected chi connectivity index (χ2v) is 3.99. The lowest BCUT2D eigenvalue weighted by Gasteiger charge is -2.13. The Hall–Kier alpha value is -1.05. The zero-order valence-electron chi connectivity index (χ0n) is 8.72. The maximum absolute atomic E-state index is 11.5. The van der Waals surface area contributed by atoms with Crippen molar-refractivity contribution in [3.63, 3.8) is 0 Å². The van der Waals surface area contributed by atoms with Crippen molar-refractivity contribution < 1.29 is 0 Å². The lowest BCUT2D eigenvalue weighted by Crippen LogP contribution is -2.16. The van der Waals surface area contributed by atoms with Crippen molar-refractivity contribution in [3.8, 4) is 0 Å². The summed E-state index contributed by atoms with van der Waals surface area (Å²) in [5.74, 6) is 0.710. The lowest BCUT2D eigenvalue weighted by molar-refractivity contribution is 0.772. The number of H-pyrrole nitrogens is 1. The van der Waals surface area contributed by atoms with Gasteiger partial charge in [-0.3, -0.25) is 4.79 Å². The van der Waals surface area contributed by atoms with Gasteiger partial charge in [0, 0.05) is 11.8 Å². The van der Waals surface area contributed by atoms with Gasteiger partial charge in [0.15, 0.2) is 0 Å². The largest absolute Gasteiger partial charge is 0.329 e. The Morgan fingerprint density at radius 1 is 1.07 bits per heavy atom. The predicted octanol–water partition coefficient (Wildman–Crippen LogP) is 3.89. The van der Waals surface area contributed by atoms with Gasteiger partial charge in [0.1, 0.15) is 0 Å². The van der Waals surface area contributed by atoms with Gasteiger partial charge in [-0.15, -0.1) is 0 Å². The second kappa shape index (κ2) is 6.44. The van der Waals surface area contributed by atoms with E-state index < -0.39 is 0 Å². The molecule has 0 bridgehead atoms. The number of rotatable bonds is 2. The van der Waals surface area contributed by atoms with Gasteiger partial charge in [-0.2, -0.15) is 0 Å². The van der Waals surface area contributed by atoms with E-state index in [0.29, 0.717) is 11.8 Å². The normalized spacial score (nSPS) is 9.73. The van der Waals surface area contributed by atoms with Gasteiger partial charge < -0.3 is 4.98 Å². The van der Waals surface area contributed by atoms with Crippen molar-refractivity contribution in [2.24, 2.45) is 0 Å². The molecule has 1 N–H and O–H groups in total. The van der Waals surface area contributed by atoms with Crippen LogP contribution >= 0.6 is 0 Å². The van der Waals surface area contributed by atoms with Crippen molar-refractivity contribution in [3.05, 3.63) is 33.7 Å². The SMILES string of the molecule is C.C.CC(C)c1cc[nH]c(=O)c1C(C)C. The molecule has 0 spiro atoms. The van der Waals surface area contributed by atoms with Crippen molar-refractivity contribution in [1.82, 2.24) is 4.98 Å². The third-order valence-corrected chi connectivity index (χ3v) is 2.23. The molecule has 0 aromatic carbocycles. The highest BCUT2D eigenvalue weighted by Crippen LogP contribution is 2.21. The fourth-order valence-electron chi connectivity index (χ4n) is 1.60. The summed E-state index contributed by atoms with van der Waals surface area (Å²) >= 11 is 0. The van der Waals surface area contributed by atoms with Crippen LogP contribution in [0.25, 0.3) is 0 Å². The molecule has 2 heteroatoms. The molecule has 0 saturated carbocycles. The maximum Gasteiger partial charge on any atom is 0.251 e. The van der Waals surface area contributed by atoms with Crippen LogP contribution in [0.4, 0.5) is 0 Å². The zero-order valence-corrected chi connectivity index (χ0v) is 8.72. The van der Waals surface area contributed by atoms with E-state index in [0.717, 1.165) is 5.56 Å². The van der Waals surface area contributed by atoms with Crippen LogP contribution in [0.2, 0.25) is 0 Å². The highest BCUT2D eigenvalue weighted by Gasteiger charge is 2.12. The van der Waals surface area contributed by atoms with Crippen LogP contribution < -0.4 is 5.56 Å². The number of hydrogen-bond donors (Lipinski definition) is 1. The molecule has 0 saturated heterocycles. The Labute approximate surface area is 93.7 Å². The third kappa shape index (κ3) is 3.54. The highest BCUT2D eigenvalue weighted by atomic mass is 16.1. The van der Waals surface area contributed by atoms with Crippen LogP contribution in [0.15, 0.2) is 17.1 Å². The summed E-state index contributed by atoms with van der Waals surface area (Å²) in [6.45, 7) is 8.33. The van der Waals surface area contributed by atoms with Crippen molar-refractivity contribution >= 4 is 0 Å². The van der Waals surface area contributed by atoms with Crippen LogP contribution in [0.5, 0.6) is 0 Å². The van der Waals surface area contributed by atoms with Gasteiger partial charge in [0.25, 0.3) is 5.56 Å². The van der Waals surface area contributed by atoms with E-state index in [-0.39, 0.29) is 20.4 Å². The van der Waals surface area contributed by atoms with Crippen LogP contribution in [0.3, 0.4) is 0 Å². The summed E-state index contributed by atoms with van der Waals surface area (Å²) in [6, 6.07) is 2.00. The maximum atomic E-state index is 11.5. The summed E-state index contributed by atoms with van der Waals surface area (Å²) in [5.41, 5.74) is 2.15. The number of nitrogens with one attached hydrogen (secondary N) is 1. The van der Waals surface area contributed by atoms with Crippen LogP contribution in [0, 0.1) is 0 Å². The average molecular weight is 211 g/mol. The highest BCUT2D eigenvalue weighted by molar-refractivity contribution is 5.28. The second-order valence-electron chi connectivity index (χ2n) is 3.99. The molecule has 2 nitrogen and oxygen atoms in total. The van der Waals surface area contributed by atoms with Crippen molar-refractivity contribution in [2.45, 2.75) is 54.4 Å². The van der Waals surface area contributed by atoms with E-state index in [4.69, 9.17) is 0 Å². The summed E-state index contributed by atoms with van der Waals surface area (Å²) in [4.78, 5) is 14.3. The Morgan fingerprint density at radius 3 is 1.93 bits per heavy atom. The first-order valence-corrected chi connectivity index (χ1v) is 4.75. The van der Waals surface area contributed by atoms with Crippen LogP contribution in [-0.2, 0) is 0 Å². The number of hydrogen-bond acceptors (Lipinski definition) is 1. The van der Waals surface area contributed by atoms with Gasteiger partial charge in [0.2, 0.25) is 0 Å². The van der Waals surface area contributed by atoms with Gasteiger partial charge in [-0.1, -0.05) is 42.5 Å². The molecule has 0 radical (unpaired) electrons. The van der Waals surface area contributed by atoms with E-state index in [9.17, 15) is 4.79 Å². The van der Waals surface area contributed by atoms with Crippen LogP contribution in [0.1, 0.15) is 65.5 Å². The monoisotopic (exact) mass is 211 g/mol. The van der Waals surface area contributed by atoms with E-state index in [1.807, 2.05) is 6.07 Å². The number of aromatic amines is 1.